The SMILES string of the molecule is CN=C(NCCc1cccc(Cl)c1)NCCS(=O)(=O)NCC1CCC1. The molecule has 1 aliphatic carbocycles. The normalized spacial score (nSPS) is 15.7. The van der Waals surface area contributed by atoms with Crippen LogP contribution in [0, 0.1) is 5.92 Å². The monoisotopic (exact) mass is 386 g/mol. The number of hydrogen-bond acceptors (Lipinski definition) is 3. The van der Waals surface area contributed by atoms with Crippen molar-refractivity contribution in [3.05, 3.63) is 34.9 Å². The zero-order valence-corrected chi connectivity index (χ0v) is 16.2. The van der Waals surface area contributed by atoms with Crippen molar-refractivity contribution in [2.75, 3.05) is 32.4 Å². The molecule has 140 valence electrons. The summed E-state index contributed by atoms with van der Waals surface area (Å²) in [7, 11) is -1.57. The summed E-state index contributed by atoms with van der Waals surface area (Å²) in [5.41, 5.74) is 1.14. The molecule has 0 bridgehead atoms. The summed E-state index contributed by atoms with van der Waals surface area (Å²) in [6.07, 6.45) is 4.28. The number of benzene rings is 1. The minimum absolute atomic E-state index is 0.0364. The van der Waals surface area contributed by atoms with Crippen molar-refractivity contribution in [1.29, 1.82) is 0 Å². The highest BCUT2D eigenvalue weighted by molar-refractivity contribution is 7.89. The first-order chi connectivity index (χ1) is 12.0. The fourth-order valence-electron chi connectivity index (χ4n) is 2.56. The highest BCUT2D eigenvalue weighted by Gasteiger charge is 2.19. The maximum absolute atomic E-state index is 12.0. The van der Waals surface area contributed by atoms with Crippen molar-refractivity contribution < 1.29 is 8.42 Å². The number of halogens is 1. The van der Waals surface area contributed by atoms with Gasteiger partial charge in [-0.05, 0) is 42.9 Å². The summed E-state index contributed by atoms with van der Waals surface area (Å²) in [6, 6.07) is 7.72. The Morgan fingerprint density at radius 1 is 1.28 bits per heavy atom. The topological polar surface area (TPSA) is 82.6 Å². The highest BCUT2D eigenvalue weighted by atomic mass is 35.5. The van der Waals surface area contributed by atoms with E-state index in [1.165, 1.54) is 6.42 Å². The molecule has 1 aromatic rings. The molecule has 0 atom stereocenters. The van der Waals surface area contributed by atoms with E-state index < -0.39 is 10.0 Å². The Hall–Kier alpha value is -1.31. The van der Waals surface area contributed by atoms with Crippen molar-refractivity contribution >= 4 is 27.6 Å². The molecule has 25 heavy (non-hydrogen) atoms. The van der Waals surface area contributed by atoms with E-state index in [0.29, 0.717) is 31.5 Å². The third kappa shape index (κ3) is 7.63. The van der Waals surface area contributed by atoms with Crippen LogP contribution in [0.1, 0.15) is 24.8 Å². The molecule has 1 fully saturated rings. The van der Waals surface area contributed by atoms with Crippen molar-refractivity contribution in [2.24, 2.45) is 10.9 Å². The summed E-state index contributed by atoms with van der Waals surface area (Å²) < 4.78 is 26.6. The predicted molar refractivity (Wildman–Crippen MR) is 104 cm³/mol. The van der Waals surface area contributed by atoms with Crippen molar-refractivity contribution in [3.8, 4) is 0 Å². The third-order valence-corrected chi connectivity index (χ3v) is 5.88. The number of sulfonamides is 1. The smallest absolute Gasteiger partial charge is 0.213 e. The first-order valence-corrected chi connectivity index (χ1v) is 10.7. The molecule has 1 aromatic carbocycles. The van der Waals surface area contributed by atoms with Crippen LogP contribution in [0.3, 0.4) is 0 Å². The summed E-state index contributed by atoms with van der Waals surface area (Å²) >= 11 is 5.96. The van der Waals surface area contributed by atoms with Gasteiger partial charge < -0.3 is 10.6 Å². The van der Waals surface area contributed by atoms with Crippen LogP contribution in [0.2, 0.25) is 5.02 Å². The van der Waals surface area contributed by atoms with Gasteiger partial charge in [0.2, 0.25) is 10.0 Å². The Balaban J connectivity index is 1.64. The number of nitrogens with zero attached hydrogens (tertiary/aromatic N) is 1. The minimum Gasteiger partial charge on any atom is -0.356 e. The minimum atomic E-state index is -3.23. The van der Waals surface area contributed by atoms with E-state index in [0.717, 1.165) is 29.8 Å². The molecule has 0 unspecified atom stereocenters. The van der Waals surface area contributed by atoms with Crippen LogP contribution in [0.5, 0.6) is 0 Å². The molecular weight excluding hydrogens is 360 g/mol. The van der Waals surface area contributed by atoms with Gasteiger partial charge in [0, 0.05) is 31.7 Å². The average molecular weight is 387 g/mol. The van der Waals surface area contributed by atoms with Gasteiger partial charge in [0.1, 0.15) is 0 Å². The van der Waals surface area contributed by atoms with Gasteiger partial charge in [0.25, 0.3) is 0 Å². The van der Waals surface area contributed by atoms with Gasteiger partial charge >= 0.3 is 0 Å². The van der Waals surface area contributed by atoms with Crippen molar-refractivity contribution in [3.63, 3.8) is 0 Å². The molecule has 0 aromatic heterocycles. The Morgan fingerprint density at radius 2 is 2.04 bits per heavy atom. The number of aliphatic imine (C=N–C) groups is 1. The third-order valence-electron chi connectivity index (χ3n) is 4.30. The number of rotatable bonds is 9. The Kier molecular flexibility index (Phi) is 7.99. The van der Waals surface area contributed by atoms with Gasteiger partial charge in [-0.25, -0.2) is 13.1 Å². The zero-order valence-electron chi connectivity index (χ0n) is 14.6. The van der Waals surface area contributed by atoms with E-state index in [9.17, 15) is 8.42 Å². The van der Waals surface area contributed by atoms with Gasteiger partial charge in [0.15, 0.2) is 5.96 Å². The first-order valence-electron chi connectivity index (χ1n) is 8.65. The van der Waals surface area contributed by atoms with E-state index in [2.05, 4.69) is 20.3 Å². The van der Waals surface area contributed by atoms with E-state index in [1.807, 2.05) is 24.3 Å². The highest BCUT2D eigenvalue weighted by Crippen LogP contribution is 2.25. The Morgan fingerprint density at radius 3 is 2.68 bits per heavy atom. The molecule has 6 nitrogen and oxygen atoms in total. The van der Waals surface area contributed by atoms with Crippen LogP contribution in [-0.4, -0.2) is 46.8 Å². The molecule has 0 amide bonds. The van der Waals surface area contributed by atoms with E-state index >= 15 is 0 Å². The first kappa shape index (κ1) is 20.0. The Labute approximate surface area is 155 Å². The molecule has 0 spiro atoms. The molecule has 3 N–H and O–H groups in total. The lowest BCUT2D eigenvalue weighted by atomic mass is 9.86. The molecule has 1 aliphatic rings. The molecule has 0 radical (unpaired) electrons. The maximum Gasteiger partial charge on any atom is 0.213 e. The predicted octanol–water partition coefficient (Wildman–Crippen LogP) is 1.77. The zero-order chi connectivity index (χ0) is 18.1. The van der Waals surface area contributed by atoms with Gasteiger partial charge in [-0.2, -0.15) is 0 Å². The van der Waals surface area contributed by atoms with E-state index in [1.54, 1.807) is 7.05 Å². The number of nitrogens with one attached hydrogen (secondary N) is 3. The quantitative estimate of drug-likeness (QED) is 0.446. The maximum atomic E-state index is 12.0. The lowest BCUT2D eigenvalue weighted by Crippen LogP contribution is -2.42. The van der Waals surface area contributed by atoms with Gasteiger partial charge in [-0.15, -0.1) is 0 Å². The molecule has 8 heteroatoms. The molecular formula is C17H27ClN4O2S. The van der Waals surface area contributed by atoms with E-state index in [4.69, 9.17) is 11.6 Å². The fraction of sp³-hybridized carbons (Fsp3) is 0.588. The molecule has 0 aliphatic heterocycles. The van der Waals surface area contributed by atoms with Gasteiger partial charge in [-0.3, -0.25) is 4.99 Å². The summed E-state index contributed by atoms with van der Waals surface area (Å²) in [4.78, 5) is 4.11. The molecule has 0 heterocycles. The van der Waals surface area contributed by atoms with Crippen LogP contribution >= 0.6 is 11.6 Å². The van der Waals surface area contributed by atoms with Crippen LogP contribution in [0.4, 0.5) is 0 Å². The second-order valence-electron chi connectivity index (χ2n) is 6.27. The lowest BCUT2D eigenvalue weighted by Gasteiger charge is -2.25. The van der Waals surface area contributed by atoms with Crippen LogP contribution < -0.4 is 15.4 Å². The largest absolute Gasteiger partial charge is 0.356 e. The van der Waals surface area contributed by atoms with Crippen molar-refractivity contribution in [2.45, 2.75) is 25.7 Å². The molecule has 2 rings (SSSR count). The van der Waals surface area contributed by atoms with Gasteiger partial charge in [0.05, 0.1) is 5.75 Å². The summed E-state index contributed by atoms with van der Waals surface area (Å²) in [6.45, 7) is 1.57. The lowest BCUT2D eigenvalue weighted by molar-refractivity contribution is 0.316. The summed E-state index contributed by atoms with van der Waals surface area (Å²) in [5, 5.41) is 6.93. The molecule has 1 saturated carbocycles. The second kappa shape index (κ2) is 9.99. The summed E-state index contributed by atoms with van der Waals surface area (Å²) in [5.74, 6) is 1.15. The number of guanidine groups is 1. The average Bonchev–Trinajstić information content (AvgIpc) is 2.51. The van der Waals surface area contributed by atoms with Crippen LogP contribution in [0.25, 0.3) is 0 Å². The van der Waals surface area contributed by atoms with Crippen LogP contribution in [0.15, 0.2) is 29.3 Å². The second-order valence-corrected chi connectivity index (χ2v) is 8.63. The van der Waals surface area contributed by atoms with Crippen molar-refractivity contribution in [1.82, 2.24) is 15.4 Å². The standard InChI is InChI=1S/C17H27ClN4O2S/c1-19-17(20-9-8-14-4-3-7-16(18)12-14)21-10-11-25(23,24)22-13-15-5-2-6-15/h3-4,7,12,15,22H,2,5-6,8-11,13H2,1H3,(H2,19,20,21). The van der Waals surface area contributed by atoms with E-state index in [-0.39, 0.29) is 5.75 Å². The fourth-order valence-corrected chi connectivity index (χ4v) is 3.77. The van der Waals surface area contributed by atoms with Crippen LogP contribution in [-0.2, 0) is 16.4 Å². The van der Waals surface area contributed by atoms with Gasteiger partial charge in [-0.1, -0.05) is 30.2 Å². The molecule has 0 saturated heterocycles. The Bertz CT molecular complexity index is 675. The number of hydrogen-bond donors (Lipinski definition) is 3.